The maximum atomic E-state index is 14.3. The second-order valence-corrected chi connectivity index (χ2v) is 11.0. The first-order chi connectivity index (χ1) is 17.1. The third-order valence-corrected chi connectivity index (χ3v) is 8.71. The van der Waals surface area contributed by atoms with E-state index in [1.807, 2.05) is 24.3 Å². The number of allylic oxidation sites excluding steroid dienone is 2. The van der Waals surface area contributed by atoms with E-state index in [0.717, 1.165) is 82.1 Å². The first kappa shape index (κ1) is 22.6. The molecular weight excluding hydrogens is 457 g/mol. The highest BCUT2D eigenvalue weighted by Crippen LogP contribution is 2.44. The second kappa shape index (κ2) is 9.32. The molecule has 2 aromatic carbocycles. The zero-order valence-corrected chi connectivity index (χ0v) is 20.9. The minimum atomic E-state index is -0.268. The number of benzene rings is 2. The van der Waals surface area contributed by atoms with Crippen molar-refractivity contribution in [3.63, 3.8) is 0 Å². The number of hydrogen-bond donors (Lipinski definition) is 0. The van der Waals surface area contributed by atoms with Gasteiger partial charge in [0.2, 0.25) is 5.91 Å². The molecule has 0 spiro atoms. The van der Waals surface area contributed by atoms with Crippen molar-refractivity contribution in [3.8, 4) is 0 Å². The maximum absolute atomic E-state index is 14.3. The van der Waals surface area contributed by atoms with Crippen molar-refractivity contribution in [3.05, 3.63) is 70.0 Å². The number of nitrogens with zero attached hydrogens (tertiary/aromatic N) is 3. The Kier molecular flexibility index (Phi) is 6.02. The average molecular weight is 488 g/mol. The molecule has 0 radical (unpaired) electrons. The molecule has 180 valence electrons. The molecule has 0 bridgehead atoms. The molecule has 1 amide bonds. The average Bonchev–Trinajstić information content (AvgIpc) is 3.64. The van der Waals surface area contributed by atoms with Gasteiger partial charge in [-0.25, -0.2) is 9.37 Å². The van der Waals surface area contributed by atoms with E-state index >= 15 is 0 Å². The van der Waals surface area contributed by atoms with E-state index in [-0.39, 0.29) is 11.7 Å². The summed E-state index contributed by atoms with van der Waals surface area (Å²) in [5, 5.41) is 0.925. The zero-order valence-electron chi connectivity index (χ0n) is 20.1. The number of hydrogen-bond acceptors (Lipinski definition) is 4. The van der Waals surface area contributed by atoms with Gasteiger partial charge in [-0.05, 0) is 104 Å². The summed E-state index contributed by atoms with van der Waals surface area (Å²) in [4.78, 5) is 22.9. The van der Waals surface area contributed by atoms with E-state index in [4.69, 9.17) is 4.98 Å². The number of likely N-dealkylation sites (tertiary alicyclic amines) is 2. The van der Waals surface area contributed by atoms with Crippen LogP contribution < -0.4 is 0 Å². The summed E-state index contributed by atoms with van der Waals surface area (Å²) in [5.41, 5.74) is 5.85. The number of halogens is 1. The van der Waals surface area contributed by atoms with Gasteiger partial charge in [0.25, 0.3) is 0 Å². The largest absolute Gasteiger partial charge is 0.338 e. The van der Waals surface area contributed by atoms with Crippen LogP contribution in [0.2, 0.25) is 0 Å². The van der Waals surface area contributed by atoms with Crippen LogP contribution in [-0.4, -0.2) is 52.9 Å². The lowest BCUT2D eigenvalue weighted by molar-refractivity contribution is -0.131. The van der Waals surface area contributed by atoms with E-state index in [1.54, 1.807) is 17.4 Å². The Morgan fingerprint density at radius 2 is 1.94 bits per heavy atom. The van der Waals surface area contributed by atoms with Crippen LogP contribution in [-0.2, 0) is 4.79 Å². The summed E-state index contributed by atoms with van der Waals surface area (Å²) in [6.45, 7) is 6.17. The Hall–Kier alpha value is -2.83. The Balaban J connectivity index is 1.31. The van der Waals surface area contributed by atoms with E-state index in [1.165, 1.54) is 18.9 Å². The van der Waals surface area contributed by atoms with E-state index in [2.05, 4.69) is 28.9 Å². The number of rotatable bonds is 5. The molecule has 3 aromatic rings. The molecular formula is C29H30FN3OS. The van der Waals surface area contributed by atoms with Gasteiger partial charge in [0.05, 0.1) is 16.6 Å². The third-order valence-electron chi connectivity index (χ3n) is 7.72. The molecule has 1 aromatic heterocycles. The Morgan fingerprint density at radius 1 is 1.11 bits per heavy atom. The van der Waals surface area contributed by atoms with Crippen LogP contribution in [0.15, 0.2) is 48.0 Å². The summed E-state index contributed by atoms with van der Waals surface area (Å²) in [5.74, 6) is -0.103. The quantitative estimate of drug-likeness (QED) is 0.427. The molecule has 1 aliphatic carbocycles. The standard InChI is InChI=1S/C29H30FN3OS/c1-19-23(16-28-31-26-8-2-3-9-27(26)35-28)22-11-10-20(30)15-25(22)24(19)17-29(34)33-14-6-7-21(33)18-32-12-4-5-13-32/h2-3,8-11,15-16,21H,4-7,12-14,17-18H2,1H3/b23-16-/t21-/m0/s1. The van der Waals surface area contributed by atoms with Crippen LogP contribution in [0.4, 0.5) is 4.39 Å². The normalized spacial score (nSPS) is 21.6. The molecule has 2 fully saturated rings. The van der Waals surface area contributed by atoms with Crippen molar-refractivity contribution in [1.82, 2.24) is 14.8 Å². The van der Waals surface area contributed by atoms with Crippen molar-refractivity contribution in [1.29, 1.82) is 0 Å². The predicted octanol–water partition coefficient (Wildman–Crippen LogP) is 6.24. The monoisotopic (exact) mass is 487 g/mol. The molecule has 35 heavy (non-hydrogen) atoms. The number of carbonyl (C=O) groups excluding carboxylic acids is 1. The minimum absolute atomic E-state index is 0.164. The molecule has 0 N–H and O–H groups in total. The molecule has 6 heteroatoms. The smallest absolute Gasteiger partial charge is 0.227 e. The Morgan fingerprint density at radius 3 is 2.77 bits per heavy atom. The van der Waals surface area contributed by atoms with Gasteiger partial charge in [0.1, 0.15) is 10.8 Å². The fourth-order valence-electron chi connectivity index (χ4n) is 5.93. The van der Waals surface area contributed by atoms with Crippen LogP contribution in [0.1, 0.15) is 55.2 Å². The molecule has 1 atom stereocenters. The van der Waals surface area contributed by atoms with Gasteiger partial charge in [-0.15, -0.1) is 11.3 Å². The highest BCUT2D eigenvalue weighted by Gasteiger charge is 2.33. The van der Waals surface area contributed by atoms with Crippen molar-refractivity contribution in [2.24, 2.45) is 0 Å². The number of amides is 1. The number of para-hydroxylation sites is 1. The van der Waals surface area contributed by atoms with Gasteiger partial charge >= 0.3 is 0 Å². The molecule has 3 heterocycles. The summed E-state index contributed by atoms with van der Waals surface area (Å²) in [6, 6.07) is 13.4. The predicted molar refractivity (Wildman–Crippen MR) is 142 cm³/mol. The van der Waals surface area contributed by atoms with Gasteiger partial charge in [0.15, 0.2) is 0 Å². The molecule has 0 saturated carbocycles. The summed E-state index contributed by atoms with van der Waals surface area (Å²) >= 11 is 1.65. The lowest BCUT2D eigenvalue weighted by atomic mass is 10.0. The number of thiazole rings is 1. The number of aromatic nitrogens is 1. The first-order valence-electron chi connectivity index (χ1n) is 12.7. The van der Waals surface area contributed by atoms with Crippen molar-refractivity contribution < 1.29 is 9.18 Å². The SMILES string of the molecule is CC1=C(CC(=O)N2CCC[C@H]2CN2CCCC2)c2cc(F)ccc2/C1=C\c1nc2ccccc2s1. The van der Waals surface area contributed by atoms with Gasteiger partial charge in [-0.2, -0.15) is 0 Å². The van der Waals surface area contributed by atoms with Gasteiger partial charge in [-0.1, -0.05) is 18.2 Å². The van der Waals surface area contributed by atoms with E-state index in [9.17, 15) is 9.18 Å². The Bertz CT molecular complexity index is 1320. The van der Waals surface area contributed by atoms with Crippen LogP contribution in [0.3, 0.4) is 0 Å². The van der Waals surface area contributed by atoms with E-state index in [0.29, 0.717) is 12.5 Å². The zero-order chi connectivity index (χ0) is 23.9. The maximum Gasteiger partial charge on any atom is 0.227 e. The third kappa shape index (κ3) is 4.34. The van der Waals surface area contributed by atoms with Crippen molar-refractivity contribution in [2.75, 3.05) is 26.2 Å². The summed E-state index contributed by atoms with van der Waals surface area (Å²) < 4.78 is 15.5. The van der Waals surface area contributed by atoms with Crippen molar-refractivity contribution in [2.45, 2.75) is 45.1 Å². The summed E-state index contributed by atoms with van der Waals surface area (Å²) in [7, 11) is 0. The number of carbonyl (C=O) groups is 1. The molecule has 3 aliphatic rings. The highest BCUT2D eigenvalue weighted by molar-refractivity contribution is 7.19. The molecule has 2 aliphatic heterocycles. The topological polar surface area (TPSA) is 36.4 Å². The highest BCUT2D eigenvalue weighted by atomic mass is 32.1. The lowest BCUT2D eigenvalue weighted by Gasteiger charge is -2.29. The second-order valence-electron chi connectivity index (χ2n) is 9.94. The fourth-order valence-corrected chi connectivity index (χ4v) is 6.84. The van der Waals surface area contributed by atoms with Crippen molar-refractivity contribution >= 4 is 44.7 Å². The molecule has 2 saturated heterocycles. The molecule has 0 unspecified atom stereocenters. The fraction of sp³-hybridized carbons (Fsp3) is 0.379. The lowest BCUT2D eigenvalue weighted by Crippen LogP contribution is -2.42. The molecule has 4 nitrogen and oxygen atoms in total. The number of fused-ring (bicyclic) bond motifs is 2. The summed E-state index contributed by atoms with van der Waals surface area (Å²) in [6.07, 6.45) is 7.08. The van der Waals surface area contributed by atoms with Gasteiger partial charge < -0.3 is 9.80 Å². The first-order valence-corrected chi connectivity index (χ1v) is 13.5. The van der Waals surface area contributed by atoms with Crippen LogP contribution in [0.5, 0.6) is 0 Å². The van der Waals surface area contributed by atoms with Crippen LogP contribution >= 0.6 is 11.3 Å². The van der Waals surface area contributed by atoms with Crippen LogP contribution in [0.25, 0.3) is 27.4 Å². The van der Waals surface area contributed by atoms with Gasteiger partial charge in [0, 0.05) is 19.1 Å². The van der Waals surface area contributed by atoms with E-state index < -0.39 is 0 Å². The van der Waals surface area contributed by atoms with Gasteiger partial charge in [-0.3, -0.25) is 4.79 Å². The Labute approximate surface area is 209 Å². The minimum Gasteiger partial charge on any atom is -0.338 e. The van der Waals surface area contributed by atoms with Crippen LogP contribution in [0, 0.1) is 5.82 Å². The molecule has 6 rings (SSSR count).